The fourth-order valence-electron chi connectivity index (χ4n) is 2.04. The number of amides is 1. The number of carbonyl (C=O) groups is 1. The van der Waals surface area contributed by atoms with E-state index in [0.717, 1.165) is 11.3 Å². The Bertz CT molecular complexity index is 770. The maximum absolute atomic E-state index is 12.1. The second kappa shape index (κ2) is 7.87. The Kier molecular flexibility index (Phi) is 5.62. The first-order chi connectivity index (χ1) is 11.5. The van der Waals surface area contributed by atoms with Gasteiger partial charge in [0.2, 0.25) is 0 Å². The third-order valence-corrected chi connectivity index (χ3v) is 3.25. The lowest BCUT2D eigenvalue weighted by atomic mass is 10.1. The summed E-state index contributed by atoms with van der Waals surface area (Å²) in [4.78, 5) is 22.5. The topological polar surface area (TPSA) is 93.8 Å². The SMILES string of the molecule is CCOc1ccc(C(C)=NNC(=O)c2ccccc2[N+](=O)[O-])cc1. The van der Waals surface area contributed by atoms with Crippen LogP contribution in [-0.4, -0.2) is 23.1 Å². The minimum atomic E-state index is -0.632. The molecular formula is C17H17N3O4. The monoisotopic (exact) mass is 327 g/mol. The van der Waals surface area contributed by atoms with Gasteiger partial charge in [-0.1, -0.05) is 12.1 Å². The van der Waals surface area contributed by atoms with Crippen LogP contribution in [0.2, 0.25) is 0 Å². The maximum atomic E-state index is 12.1. The summed E-state index contributed by atoms with van der Waals surface area (Å²) in [7, 11) is 0. The van der Waals surface area contributed by atoms with Crippen LogP contribution in [-0.2, 0) is 0 Å². The zero-order chi connectivity index (χ0) is 17.5. The van der Waals surface area contributed by atoms with E-state index in [0.29, 0.717) is 12.3 Å². The molecule has 124 valence electrons. The van der Waals surface area contributed by atoms with E-state index in [1.165, 1.54) is 18.2 Å². The average molecular weight is 327 g/mol. The van der Waals surface area contributed by atoms with Crippen molar-refractivity contribution in [2.45, 2.75) is 13.8 Å². The van der Waals surface area contributed by atoms with E-state index in [1.54, 1.807) is 13.0 Å². The first-order valence-electron chi connectivity index (χ1n) is 7.34. The first kappa shape index (κ1) is 17.1. The molecule has 2 rings (SSSR count). The highest BCUT2D eigenvalue weighted by Crippen LogP contribution is 2.17. The van der Waals surface area contributed by atoms with Gasteiger partial charge in [-0.2, -0.15) is 5.10 Å². The predicted molar refractivity (Wildman–Crippen MR) is 90.4 cm³/mol. The van der Waals surface area contributed by atoms with Crippen LogP contribution < -0.4 is 10.2 Å². The highest BCUT2D eigenvalue weighted by atomic mass is 16.6. The molecule has 0 fully saturated rings. The Morgan fingerprint density at radius 3 is 2.50 bits per heavy atom. The minimum Gasteiger partial charge on any atom is -0.494 e. The van der Waals surface area contributed by atoms with Gasteiger partial charge in [-0.15, -0.1) is 0 Å². The highest BCUT2D eigenvalue weighted by molar-refractivity contribution is 6.02. The molecule has 0 spiro atoms. The van der Waals surface area contributed by atoms with Crippen molar-refractivity contribution in [1.82, 2.24) is 5.43 Å². The van der Waals surface area contributed by atoms with Crippen LogP contribution in [0.25, 0.3) is 0 Å². The van der Waals surface area contributed by atoms with Crippen LogP contribution >= 0.6 is 0 Å². The second-order valence-corrected chi connectivity index (χ2v) is 4.87. The molecule has 7 nitrogen and oxygen atoms in total. The molecule has 0 aliphatic heterocycles. The van der Waals surface area contributed by atoms with Crippen molar-refractivity contribution in [1.29, 1.82) is 0 Å². The largest absolute Gasteiger partial charge is 0.494 e. The van der Waals surface area contributed by atoms with Gasteiger partial charge in [-0.3, -0.25) is 14.9 Å². The molecule has 24 heavy (non-hydrogen) atoms. The van der Waals surface area contributed by atoms with Crippen molar-refractivity contribution in [3.05, 3.63) is 69.8 Å². The molecule has 0 aliphatic carbocycles. The number of nitro benzene ring substituents is 1. The molecule has 0 aromatic heterocycles. The number of ether oxygens (including phenoxy) is 1. The Labute approximate surface area is 139 Å². The number of nitro groups is 1. The zero-order valence-electron chi connectivity index (χ0n) is 13.4. The average Bonchev–Trinajstić information content (AvgIpc) is 2.60. The van der Waals surface area contributed by atoms with E-state index < -0.39 is 10.8 Å². The maximum Gasteiger partial charge on any atom is 0.282 e. The van der Waals surface area contributed by atoms with Gasteiger partial charge in [0.25, 0.3) is 11.6 Å². The molecule has 0 bridgehead atoms. The molecule has 0 heterocycles. The van der Waals surface area contributed by atoms with Gasteiger partial charge in [0.05, 0.1) is 17.2 Å². The summed E-state index contributed by atoms with van der Waals surface area (Å²) in [5, 5.41) is 14.9. The molecule has 2 aromatic rings. The second-order valence-electron chi connectivity index (χ2n) is 4.87. The van der Waals surface area contributed by atoms with Gasteiger partial charge in [-0.05, 0) is 49.7 Å². The Morgan fingerprint density at radius 2 is 1.88 bits per heavy atom. The molecule has 0 saturated heterocycles. The Morgan fingerprint density at radius 1 is 1.21 bits per heavy atom. The molecule has 2 aromatic carbocycles. The van der Waals surface area contributed by atoms with E-state index in [-0.39, 0.29) is 11.3 Å². The molecule has 0 atom stereocenters. The Hall–Kier alpha value is -3.22. The summed E-state index contributed by atoms with van der Waals surface area (Å²) in [5.41, 5.74) is 3.43. The van der Waals surface area contributed by atoms with E-state index in [9.17, 15) is 14.9 Å². The number of hydrogen-bond donors (Lipinski definition) is 1. The number of hydrogen-bond acceptors (Lipinski definition) is 5. The van der Waals surface area contributed by atoms with Gasteiger partial charge >= 0.3 is 0 Å². The molecule has 0 radical (unpaired) electrons. The van der Waals surface area contributed by atoms with Crippen LogP contribution in [0.15, 0.2) is 53.6 Å². The summed E-state index contributed by atoms with van der Waals surface area (Å²) in [6, 6.07) is 13.0. The molecular weight excluding hydrogens is 310 g/mol. The summed E-state index contributed by atoms with van der Waals surface area (Å²) in [6.45, 7) is 4.21. The fourth-order valence-corrected chi connectivity index (χ4v) is 2.04. The van der Waals surface area contributed by atoms with E-state index in [4.69, 9.17) is 4.74 Å². The van der Waals surface area contributed by atoms with Gasteiger partial charge in [0.1, 0.15) is 11.3 Å². The number of hydrazone groups is 1. The molecule has 1 amide bonds. The zero-order valence-corrected chi connectivity index (χ0v) is 13.4. The number of nitrogens with one attached hydrogen (secondary N) is 1. The molecule has 0 unspecified atom stereocenters. The highest BCUT2D eigenvalue weighted by Gasteiger charge is 2.18. The lowest BCUT2D eigenvalue weighted by Crippen LogP contribution is -2.20. The smallest absolute Gasteiger partial charge is 0.282 e. The van der Waals surface area contributed by atoms with E-state index >= 15 is 0 Å². The van der Waals surface area contributed by atoms with Gasteiger partial charge in [-0.25, -0.2) is 5.43 Å². The van der Waals surface area contributed by atoms with E-state index in [2.05, 4.69) is 10.5 Å². The van der Waals surface area contributed by atoms with E-state index in [1.807, 2.05) is 31.2 Å². The lowest BCUT2D eigenvalue weighted by molar-refractivity contribution is -0.385. The van der Waals surface area contributed by atoms with Crippen molar-refractivity contribution < 1.29 is 14.5 Å². The molecule has 0 saturated carbocycles. The van der Waals surface area contributed by atoms with Crippen LogP contribution in [0.3, 0.4) is 0 Å². The Balaban J connectivity index is 2.12. The van der Waals surface area contributed by atoms with Crippen molar-refractivity contribution in [3.8, 4) is 5.75 Å². The standard InChI is InChI=1S/C17H17N3O4/c1-3-24-14-10-8-13(9-11-14)12(2)18-19-17(21)15-6-4-5-7-16(15)20(22)23/h4-11H,3H2,1-2H3,(H,19,21). The number of para-hydroxylation sites is 1. The van der Waals surface area contributed by atoms with Crippen LogP contribution in [0.4, 0.5) is 5.69 Å². The van der Waals surface area contributed by atoms with Crippen molar-refractivity contribution >= 4 is 17.3 Å². The quantitative estimate of drug-likeness (QED) is 0.501. The molecule has 0 aliphatic rings. The van der Waals surface area contributed by atoms with Crippen LogP contribution in [0.5, 0.6) is 5.75 Å². The third kappa shape index (κ3) is 4.16. The summed E-state index contributed by atoms with van der Waals surface area (Å²) >= 11 is 0. The van der Waals surface area contributed by atoms with Gasteiger partial charge in [0, 0.05) is 6.07 Å². The van der Waals surface area contributed by atoms with Gasteiger partial charge in [0.15, 0.2) is 0 Å². The van der Waals surface area contributed by atoms with Gasteiger partial charge < -0.3 is 4.74 Å². The minimum absolute atomic E-state index is 0.0363. The van der Waals surface area contributed by atoms with Crippen molar-refractivity contribution in [3.63, 3.8) is 0 Å². The number of carbonyl (C=O) groups excluding carboxylic acids is 1. The van der Waals surface area contributed by atoms with Crippen LogP contribution in [0.1, 0.15) is 29.8 Å². The lowest BCUT2D eigenvalue weighted by Gasteiger charge is -2.06. The van der Waals surface area contributed by atoms with Crippen molar-refractivity contribution in [2.75, 3.05) is 6.61 Å². The third-order valence-electron chi connectivity index (χ3n) is 3.25. The van der Waals surface area contributed by atoms with Crippen LogP contribution in [0, 0.1) is 10.1 Å². The summed E-state index contributed by atoms with van der Waals surface area (Å²) < 4.78 is 5.36. The summed E-state index contributed by atoms with van der Waals surface area (Å²) in [6.07, 6.45) is 0. The first-order valence-corrected chi connectivity index (χ1v) is 7.34. The predicted octanol–water partition coefficient (Wildman–Crippen LogP) is 3.15. The number of benzene rings is 2. The number of nitrogens with zero attached hydrogens (tertiary/aromatic N) is 2. The normalized spacial score (nSPS) is 11.0. The molecule has 7 heteroatoms. The molecule has 1 N–H and O–H groups in total. The fraction of sp³-hybridized carbons (Fsp3) is 0.176. The summed E-state index contributed by atoms with van der Waals surface area (Å²) in [5.74, 6) is 0.116. The number of rotatable bonds is 6. The van der Waals surface area contributed by atoms with Crippen molar-refractivity contribution in [2.24, 2.45) is 5.10 Å².